The quantitative estimate of drug-likeness (QED) is 0.331. The van der Waals surface area contributed by atoms with Gasteiger partial charge in [-0.3, -0.25) is 14.9 Å². The Labute approximate surface area is 159 Å². The normalized spacial score (nSPS) is 14.1. The van der Waals surface area contributed by atoms with Crippen LogP contribution in [0.25, 0.3) is 0 Å². The van der Waals surface area contributed by atoms with Gasteiger partial charge in [0.15, 0.2) is 0 Å². The van der Waals surface area contributed by atoms with Crippen LogP contribution in [0, 0.1) is 15.9 Å². The number of amides is 1. The minimum atomic E-state index is -0.983. The van der Waals surface area contributed by atoms with E-state index < -0.39 is 16.2 Å². The molecule has 148 valence electrons. The van der Waals surface area contributed by atoms with E-state index in [0.717, 1.165) is 12.1 Å². The molecule has 0 aliphatic heterocycles. The fourth-order valence-electron chi connectivity index (χ4n) is 3.12. The van der Waals surface area contributed by atoms with E-state index in [1.165, 1.54) is 13.2 Å². The summed E-state index contributed by atoms with van der Waals surface area (Å²) in [6, 6.07) is 3.39. The molecule has 6 nitrogen and oxygen atoms in total. The summed E-state index contributed by atoms with van der Waals surface area (Å²) in [6.45, 7) is 11.5. The number of carbonyl (C=O) groups excluding carboxylic acids is 1. The second kappa shape index (κ2) is 9.97. The molecule has 1 aromatic rings. The Morgan fingerprint density at radius 3 is 2.48 bits per heavy atom. The third-order valence-corrected chi connectivity index (χ3v) is 4.54. The van der Waals surface area contributed by atoms with E-state index in [1.54, 1.807) is 24.0 Å². The number of hydrogen-bond donors (Lipinski definition) is 0. The highest BCUT2D eigenvalue weighted by atomic mass is 19.1. The van der Waals surface area contributed by atoms with Gasteiger partial charge in [-0.05, 0) is 19.4 Å². The van der Waals surface area contributed by atoms with Crippen molar-refractivity contribution < 1.29 is 18.8 Å². The summed E-state index contributed by atoms with van der Waals surface area (Å²) >= 11 is 0. The van der Waals surface area contributed by atoms with Gasteiger partial charge >= 0.3 is 0 Å². The van der Waals surface area contributed by atoms with E-state index in [4.69, 9.17) is 4.74 Å². The molecule has 1 aromatic carbocycles. The van der Waals surface area contributed by atoms with Gasteiger partial charge in [0.05, 0.1) is 11.0 Å². The van der Waals surface area contributed by atoms with Crippen molar-refractivity contribution in [3.8, 4) is 0 Å². The van der Waals surface area contributed by atoms with Gasteiger partial charge < -0.3 is 9.64 Å². The first-order valence-electron chi connectivity index (χ1n) is 8.65. The summed E-state index contributed by atoms with van der Waals surface area (Å²) in [6.07, 6.45) is 3.23. The predicted molar refractivity (Wildman–Crippen MR) is 103 cm³/mol. The van der Waals surface area contributed by atoms with Crippen LogP contribution >= 0.6 is 0 Å². The molecule has 1 amide bonds. The molecule has 0 saturated heterocycles. The molecule has 0 radical (unpaired) electrons. The molecular weight excluding hydrogens is 351 g/mol. The molecule has 7 heteroatoms. The molecule has 0 saturated carbocycles. The maximum absolute atomic E-state index is 14.6. The topological polar surface area (TPSA) is 72.7 Å². The first-order chi connectivity index (χ1) is 12.7. The van der Waals surface area contributed by atoms with E-state index in [1.807, 2.05) is 6.92 Å². The Bertz CT molecular complexity index is 697. The van der Waals surface area contributed by atoms with Crippen LogP contribution in [0.3, 0.4) is 0 Å². The third-order valence-electron chi connectivity index (χ3n) is 4.54. The van der Waals surface area contributed by atoms with E-state index in [9.17, 15) is 19.3 Å². The molecule has 0 heterocycles. The highest BCUT2D eigenvalue weighted by Crippen LogP contribution is 2.37. The Hall–Kier alpha value is -2.54. The first kappa shape index (κ1) is 22.5. The van der Waals surface area contributed by atoms with Gasteiger partial charge in [-0.15, -0.1) is 13.2 Å². The van der Waals surface area contributed by atoms with Crippen molar-refractivity contribution in [1.82, 2.24) is 4.90 Å². The van der Waals surface area contributed by atoms with Gasteiger partial charge in [-0.25, -0.2) is 4.39 Å². The zero-order chi connectivity index (χ0) is 20.6. The van der Waals surface area contributed by atoms with Gasteiger partial charge in [-0.1, -0.05) is 19.1 Å². The van der Waals surface area contributed by atoms with Gasteiger partial charge in [-0.2, -0.15) is 0 Å². The lowest BCUT2D eigenvalue weighted by Crippen LogP contribution is -2.39. The van der Waals surface area contributed by atoms with Crippen LogP contribution in [0.15, 0.2) is 43.5 Å². The first-order valence-corrected chi connectivity index (χ1v) is 8.65. The molecule has 0 bridgehead atoms. The van der Waals surface area contributed by atoms with Crippen LogP contribution in [0.2, 0.25) is 0 Å². The molecule has 0 aliphatic carbocycles. The molecule has 1 unspecified atom stereocenters. The van der Waals surface area contributed by atoms with Crippen LogP contribution in [0.4, 0.5) is 10.1 Å². The van der Waals surface area contributed by atoms with Crippen LogP contribution in [0.5, 0.6) is 0 Å². The number of rotatable bonds is 11. The second-order valence-electron chi connectivity index (χ2n) is 6.79. The zero-order valence-electron chi connectivity index (χ0n) is 16.1. The van der Waals surface area contributed by atoms with Crippen LogP contribution in [-0.4, -0.2) is 42.0 Å². The SMILES string of the molecule is C=CCN(CC=C)C(=O)C[C@@](C)(CC(C)OC)c1cc([N+](=O)[O-])ccc1F. The maximum Gasteiger partial charge on any atom is 0.269 e. The van der Waals surface area contributed by atoms with Gasteiger partial charge in [0.2, 0.25) is 5.91 Å². The largest absolute Gasteiger partial charge is 0.382 e. The predicted octanol–water partition coefficient (Wildman–Crippen LogP) is 4.01. The Morgan fingerprint density at radius 2 is 2.00 bits per heavy atom. The van der Waals surface area contributed by atoms with Gasteiger partial charge in [0.1, 0.15) is 5.82 Å². The molecule has 0 fully saturated rings. The molecule has 2 atom stereocenters. The number of nitro benzene ring substituents is 1. The van der Waals surface area contributed by atoms with Crippen molar-refractivity contribution in [3.63, 3.8) is 0 Å². The van der Waals surface area contributed by atoms with E-state index in [2.05, 4.69) is 13.2 Å². The lowest BCUT2D eigenvalue weighted by Gasteiger charge is -2.34. The average molecular weight is 378 g/mol. The summed E-state index contributed by atoms with van der Waals surface area (Å²) < 4.78 is 19.9. The van der Waals surface area contributed by atoms with Crippen molar-refractivity contribution in [1.29, 1.82) is 0 Å². The lowest BCUT2D eigenvalue weighted by atomic mass is 9.74. The number of halogens is 1. The summed E-state index contributed by atoms with van der Waals surface area (Å²) in [5.74, 6) is -0.801. The summed E-state index contributed by atoms with van der Waals surface area (Å²) in [5.41, 5.74) is -1.07. The summed E-state index contributed by atoms with van der Waals surface area (Å²) in [5, 5.41) is 11.1. The van der Waals surface area contributed by atoms with Crippen LogP contribution in [-0.2, 0) is 14.9 Å². The highest BCUT2D eigenvalue weighted by molar-refractivity contribution is 5.78. The fourth-order valence-corrected chi connectivity index (χ4v) is 3.12. The van der Waals surface area contributed by atoms with Crippen molar-refractivity contribution in [2.75, 3.05) is 20.2 Å². The summed E-state index contributed by atoms with van der Waals surface area (Å²) in [7, 11) is 1.53. The Morgan fingerprint density at radius 1 is 1.41 bits per heavy atom. The number of carbonyl (C=O) groups is 1. The van der Waals surface area contributed by atoms with Crippen molar-refractivity contribution in [2.45, 2.75) is 38.2 Å². The monoisotopic (exact) mass is 378 g/mol. The smallest absolute Gasteiger partial charge is 0.269 e. The molecule has 1 rings (SSSR count). The molecule has 0 spiro atoms. The number of methoxy groups -OCH3 is 1. The number of nitro groups is 1. The van der Waals surface area contributed by atoms with Crippen molar-refractivity contribution in [3.05, 3.63) is 65.0 Å². The molecule has 0 N–H and O–H groups in total. The third kappa shape index (κ3) is 5.99. The Kier molecular flexibility index (Phi) is 8.31. The number of nitrogens with zero attached hydrogens (tertiary/aromatic N) is 2. The van der Waals surface area contributed by atoms with Crippen LogP contribution < -0.4 is 0 Å². The fraction of sp³-hybridized carbons (Fsp3) is 0.450. The number of ether oxygens (including phenoxy) is 1. The van der Waals surface area contributed by atoms with Gasteiger partial charge in [0.25, 0.3) is 5.69 Å². The van der Waals surface area contributed by atoms with E-state index in [-0.39, 0.29) is 29.7 Å². The van der Waals surface area contributed by atoms with Crippen molar-refractivity contribution in [2.24, 2.45) is 0 Å². The Balaban J connectivity index is 3.35. The van der Waals surface area contributed by atoms with E-state index >= 15 is 0 Å². The number of benzene rings is 1. The lowest BCUT2D eigenvalue weighted by molar-refractivity contribution is -0.385. The summed E-state index contributed by atoms with van der Waals surface area (Å²) in [4.78, 5) is 24.9. The minimum absolute atomic E-state index is 0.0273. The van der Waals surface area contributed by atoms with E-state index in [0.29, 0.717) is 19.5 Å². The zero-order valence-corrected chi connectivity index (χ0v) is 16.1. The van der Waals surface area contributed by atoms with Crippen LogP contribution in [0.1, 0.15) is 32.3 Å². The maximum atomic E-state index is 14.6. The highest BCUT2D eigenvalue weighted by Gasteiger charge is 2.36. The standard InChI is InChI=1S/C20H27FN2O4/c1-6-10-22(11-7-2)19(24)14-20(4,13-15(3)27-5)17-12-16(23(25)26)8-9-18(17)21/h6-9,12,15H,1-2,10-11,13-14H2,3-5H3/t15?,20-/m1/s1. The molecule has 0 aliphatic rings. The molecular formula is C20H27FN2O4. The van der Waals surface area contributed by atoms with Crippen molar-refractivity contribution >= 4 is 11.6 Å². The molecule has 0 aromatic heterocycles. The number of hydrogen-bond acceptors (Lipinski definition) is 4. The second-order valence-corrected chi connectivity index (χ2v) is 6.79. The van der Waals surface area contributed by atoms with Gasteiger partial charge in [0, 0.05) is 49.7 Å². The molecule has 27 heavy (non-hydrogen) atoms. The average Bonchev–Trinajstić information content (AvgIpc) is 2.61. The number of non-ortho nitro benzene ring substituents is 1. The minimum Gasteiger partial charge on any atom is -0.382 e.